The molecule has 3 heterocycles. The van der Waals surface area contributed by atoms with Crippen LogP contribution < -0.4 is 4.90 Å². The van der Waals surface area contributed by atoms with Crippen molar-refractivity contribution in [1.82, 2.24) is 15.0 Å². The maximum Gasteiger partial charge on any atom is 0.157 e. The van der Waals surface area contributed by atoms with Gasteiger partial charge in [-0.25, -0.2) is 9.97 Å². The fourth-order valence-corrected chi connectivity index (χ4v) is 3.57. The lowest BCUT2D eigenvalue weighted by Gasteiger charge is -2.25. The molecular formula is C19H22N4O. The van der Waals surface area contributed by atoms with E-state index in [0.29, 0.717) is 6.04 Å². The molecule has 1 saturated heterocycles. The van der Waals surface area contributed by atoms with E-state index in [1.807, 2.05) is 25.1 Å². The van der Waals surface area contributed by atoms with Gasteiger partial charge in [-0.2, -0.15) is 0 Å². The van der Waals surface area contributed by atoms with E-state index in [4.69, 9.17) is 9.72 Å². The van der Waals surface area contributed by atoms with Gasteiger partial charge in [0.2, 0.25) is 0 Å². The van der Waals surface area contributed by atoms with Crippen molar-refractivity contribution in [3.8, 4) is 11.3 Å². The van der Waals surface area contributed by atoms with Crippen molar-refractivity contribution >= 4 is 16.9 Å². The molecule has 0 saturated carbocycles. The molecule has 0 bridgehead atoms. The van der Waals surface area contributed by atoms with Crippen molar-refractivity contribution < 1.29 is 4.74 Å². The van der Waals surface area contributed by atoms with Crippen LogP contribution in [0.2, 0.25) is 0 Å². The largest absolute Gasteiger partial charge is 0.383 e. The van der Waals surface area contributed by atoms with Crippen molar-refractivity contribution in [3.63, 3.8) is 0 Å². The molecule has 1 fully saturated rings. The molecule has 0 radical (unpaired) electrons. The Morgan fingerprint density at radius 3 is 2.88 bits per heavy atom. The summed E-state index contributed by atoms with van der Waals surface area (Å²) in [5.41, 5.74) is 4.23. The highest BCUT2D eigenvalue weighted by molar-refractivity contribution is 5.91. The van der Waals surface area contributed by atoms with Crippen LogP contribution in [0.4, 0.5) is 5.82 Å². The minimum Gasteiger partial charge on any atom is -0.383 e. The normalized spacial score (nSPS) is 17.8. The Balaban J connectivity index is 1.82. The molecule has 3 aromatic rings. The van der Waals surface area contributed by atoms with E-state index in [0.717, 1.165) is 53.5 Å². The number of benzene rings is 1. The maximum atomic E-state index is 5.40. The first-order chi connectivity index (χ1) is 11.8. The third kappa shape index (κ3) is 2.65. The van der Waals surface area contributed by atoms with Crippen LogP contribution in [0.3, 0.4) is 0 Å². The first-order valence-electron chi connectivity index (χ1n) is 8.44. The van der Waals surface area contributed by atoms with Crippen LogP contribution in [0.5, 0.6) is 0 Å². The van der Waals surface area contributed by atoms with Crippen LogP contribution in [0.25, 0.3) is 22.3 Å². The number of nitrogens with one attached hydrogen (secondary N) is 1. The zero-order chi connectivity index (χ0) is 16.5. The number of aryl methyl sites for hydroxylation is 1. The van der Waals surface area contributed by atoms with Crippen LogP contribution >= 0.6 is 0 Å². The molecule has 5 nitrogen and oxygen atoms in total. The quantitative estimate of drug-likeness (QED) is 0.798. The van der Waals surface area contributed by atoms with Crippen LogP contribution in [0, 0.1) is 6.92 Å². The fourth-order valence-electron chi connectivity index (χ4n) is 3.57. The van der Waals surface area contributed by atoms with Crippen LogP contribution in [-0.4, -0.2) is 41.3 Å². The third-order valence-electron chi connectivity index (χ3n) is 4.66. The molecule has 24 heavy (non-hydrogen) atoms. The number of hydrogen-bond donors (Lipinski definition) is 1. The van der Waals surface area contributed by atoms with Crippen LogP contribution in [0.1, 0.15) is 18.7 Å². The molecule has 4 rings (SSSR count). The number of H-pyrrole nitrogens is 1. The Morgan fingerprint density at radius 1 is 1.25 bits per heavy atom. The second kappa shape index (κ2) is 6.24. The van der Waals surface area contributed by atoms with Crippen molar-refractivity contribution in [2.45, 2.75) is 25.8 Å². The van der Waals surface area contributed by atoms with Crippen molar-refractivity contribution in [2.24, 2.45) is 0 Å². The average molecular weight is 322 g/mol. The van der Waals surface area contributed by atoms with Gasteiger partial charge in [-0.1, -0.05) is 30.3 Å². The molecule has 1 aliphatic rings. The summed E-state index contributed by atoms with van der Waals surface area (Å²) in [6.07, 6.45) is 2.31. The van der Waals surface area contributed by atoms with Crippen molar-refractivity contribution in [2.75, 3.05) is 25.2 Å². The molecule has 124 valence electrons. The smallest absolute Gasteiger partial charge is 0.157 e. The lowest BCUT2D eigenvalue weighted by molar-refractivity contribution is 0.180. The van der Waals surface area contributed by atoms with Gasteiger partial charge >= 0.3 is 0 Å². The highest BCUT2D eigenvalue weighted by Gasteiger charge is 2.28. The summed E-state index contributed by atoms with van der Waals surface area (Å²) in [6.45, 7) is 3.70. The summed E-state index contributed by atoms with van der Waals surface area (Å²) in [7, 11) is 1.76. The zero-order valence-corrected chi connectivity index (χ0v) is 14.1. The molecule has 1 N–H and O–H groups in total. The highest BCUT2D eigenvalue weighted by atomic mass is 16.5. The molecule has 0 aliphatic carbocycles. The Hall–Kier alpha value is -2.40. The van der Waals surface area contributed by atoms with Gasteiger partial charge in [-0.15, -0.1) is 0 Å². The monoisotopic (exact) mass is 322 g/mol. The van der Waals surface area contributed by atoms with Gasteiger partial charge in [0.05, 0.1) is 18.2 Å². The molecule has 1 aromatic carbocycles. The number of methoxy groups -OCH3 is 1. The summed E-state index contributed by atoms with van der Waals surface area (Å²) >= 11 is 0. The van der Waals surface area contributed by atoms with Gasteiger partial charge in [-0.05, 0) is 31.4 Å². The highest BCUT2D eigenvalue weighted by Crippen LogP contribution is 2.32. The number of anilines is 1. The fraction of sp³-hybridized carbons (Fsp3) is 0.368. The SMILES string of the molecule is COC[C@H]1CCCN1c1nc(C)nc2cc(-c3ccccc3)[nH]c12. The molecule has 1 aliphatic heterocycles. The molecule has 0 unspecified atom stereocenters. The summed E-state index contributed by atoms with van der Waals surface area (Å²) < 4.78 is 5.40. The predicted molar refractivity (Wildman–Crippen MR) is 96.3 cm³/mol. The Labute approximate surface area is 141 Å². The summed E-state index contributed by atoms with van der Waals surface area (Å²) in [5, 5.41) is 0. The van der Waals surface area contributed by atoms with Gasteiger partial charge in [0.1, 0.15) is 11.3 Å². The number of nitrogens with zero attached hydrogens (tertiary/aromatic N) is 3. The average Bonchev–Trinajstić information content (AvgIpc) is 3.22. The van der Waals surface area contributed by atoms with Crippen LogP contribution in [0.15, 0.2) is 36.4 Å². The van der Waals surface area contributed by atoms with Crippen molar-refractivity contribution in [1.29, 1.82) is 0 Å². The standard InChI is InChI=1S/C19H22N4O/c1-13-20-17-11-16(14-7-4-3-5-8-14)22-18(17)19(21-13)23-10-6-9-15(23)12-24-2/h3-5,7-8,11,15,22H,6,9-10,12H2,1-2H3/t15-/m1/s1. The third-order valence-corrected chi connectivity index (χ3v) is 4.66. The van der Waals surface area contributed by atoms with E-state index in [1.54, 1.807) is 7.11 Å². The molecule has 0 spiro atoms. The first-order valence-corrected chi connectivity index (χ1v) is 8.44. The van der Waals surface area contributed by atoms with E-state index in [9.17, 15) is 0 Å². The van der Waals surface area contributed by atoms with E-state index in [2.05, 4.69) is 33.1 Å². The molecule has 1 atom stereocenters. The zero-order valence-electron chi connectivity index (χ0n) is 14.1. The summed E-state index contributed by atoms with van der Waals surface area (Å²) in [5.74, 6) is 1.80. The van der Waals surface area contributed by atoms with Gasteiger partial charge < -0.3 is 14.6 Å². The first kappa shape index (κ1) is 15.1. The summed E-state index contributed by atoms with van der Waals surface area (Å²) in [6, 6.07) is 12.8. The molecular weight excluding hydrogens is 300 g/mol. The molecule has 2 aromatic heterocycles. The summed E-state index contributed by atoms with van der Waals surface area (Å²) in [4.78, 5) is 15.3. The Bertz CT molecular complexity index is 843. The van der Waals surface area contributed by atoms with Gasteiger partial charge in [0, 0.05) is 19.3 Å². The van der Waals surface area contributed by atoms with E-state index in [1.165, 1.54) is 6.42 Å². The number of rotatable bonds is 4. The lowest BCUT2D eigenvalue weighted by Crippen LogP contribution is -2.33. The van der Waals surface area contributed by atoms with Gasteiger partial charge in [0.15, 0.2) is 5.82 Å². The number of hydrogen-bond acceptors (Lipinski definition) is 4. The molecule has 0 amide bonds. The second-order valence-corrected chi connectivity index (χ2v) is 6.35. The number of aromatic nitrogens is 3. The second-order valence-electron chi connectivity index (χ2n) is 6.35. The van der Waals surface area contributed by atoms with E-state index >= 15 is 0 Å². The predicted octanol–water partition coefficient (Wildman–Crippen LogP) is 3.55. The number of aromatic amines is 1. The van der Waals surface area contributed by atoms with E-state index in [-0.39, 0.29) is 0 Å². The lowest BCUT2D eigenvalue weighted by atomic mass is 10.2. The number of ether oxygens (including phenoxy) is 1. The van der Waals surface area contributed by atoms with Gasteiger partial charge in [0.25, 0.3) is 0 Å². The Kier molecular flexibility index (Phi) is 3.94. The number of fused-ring (bicyclic) bond motifs is 1. The minimum atomic E-state index is 0.385. The Morgan fingerprint density at radius 2 is 2.08 bits per heavy atom. The van der Waals surface area contributed by atoms with E-state index < -0.39 is 0 Å². The topological polar surface area (TPSA) is 54.0 Å². The van der Waals surface area contributed by atoms with Crippen LogP contribution in [-0.2, 0) is 4.74 Å². The van der Waals surface area contributed by atoms with Crippen molar-refractivity contribution in [3.05, 3.63) is 42.2 Å². The van der Waals surface area contributed by atoms with Gasteiger partial charge in [-0.3, -0.25) is 0 Å². The maximum absolute atomic E-state index is 5.40. The molecule has 5 heteroatoms. The minimum absolute atomic E-state index is 0.385.